The maximum atomic E-state index is 12.1. The number of anilines is 1. The van der Waals surface area contributed by atoms with Crippen LogP contribution in [0.25, 0.3) is 0 Å². The number of methoxy groups -OCH3 is 1. The van der Waals surface area contributed by atoms with Crippen LogP contribution in [0.1, 0.15) is 5.56 Å². The second-order valence-electron chi connectivity index (χ2n) is 4.60. The van der Waals surface area contributed by atoms with E-state index in [9.17, 15) is 4.79 Å². The number of hydrogen-bond donors (Lipinski definition) is 1. The molecule has 1 N–H and O–H groups in total. The maximum absolute atomic E-state index is 12.1. The number of benzene rings is 2. The molecule has 0 saturated carbocycles. The number of halogens is 1. The van der Waals surface area contributed by atoms with Gasteiger partial charge in [0.25, 0.3) is 0 Å². The van der Waals surface area contributed by atoms with Crippen LogP contribution in [-0.4, -0.2) is 25.1 Å². The lowest BCUT2D eigenvalue weighted by atomic mass is 10.2. The molecule has 0 aliphatic carbocycles. The topological polar surface area (TPSA) is 41.6 Å². The molecule has 2 aromatic carbocycles. The van der Waals surface area contributed by atoms with Gasteiger partial charge in [-0.3, -0.25) is 0 Å². The van der Waals surface area contributed by atoms with Crippen molar-refractivity contribution < 1.29 is 9.53 Å². The van der Waals surface area contributed by atoms with Crippen LogP contribution < -0.4 is 10.1 Å². The summed E-state index contributed by atoms with van der Waals surface area (Å²) in [4.78, 5) is 13.7. The summed E-state index contributed by atoms with van der Waals surface area (Å²) in [6.45, 7) is 0.462. The first-order valence-electron chi connectivity index (χ1n) is 6.49. The van der Waals surface area contributed by atoms with Gasteiger partial charge in [0.1, 0.15) is 5.75 Å². The van der Waals surface area contributed by atoms with E-state index in [0.29, 0.717) is 17.3 Å². The number of carbonyl (C=O) groups excluding carboxylic acids is 1. The van der Waals surface area contributed by atoms with E-state index in [1.807, 2.05) is 24.3 Å². The molecule has 0 aliphatic rings. The number of nitrogens with zero attached hydrogens (tertiary/aromatic N) is 1. The molecule has 2 aromatic rings. The minimum Gasteiger partial charge on any atom is -0.496 e. The quantitative estimate of drug-likeness (QED) is 0.927. The first kappa shape index (κ1) is 15.2. The molecule has 0 saturated heterocycles. The van der Waals surface area contributed by atoms with Crippen LogP contribution in [-0.2, 0) is 6.54 Å². The number of urea groups is 1. The number of nitrogens with one attached hydrogen (secondary N) is 1. The van der Waals surface area contributed by atoms with Gasteiger partial charge in [0.05, 0.1) is 13.7 Å². The SMILES string of the molecule is COc1ccccc1CN(C)C(=O)Nc1ccc(Cl)cc1. The average molecular weight is 305 g/mol. The van der Waals surface area contributed by atoms with Gasteiger partial charge in [0.15, 0.2) is 0 Å². The Bertz CT molecular complexity index is 614. The molecule has 0 radical (unpaired) electrons. The smallest absolute Gasteiger partial charge is 0.321 e. The van der Waals surface area contributed by atoms with Crippen molar-refractivity contribution in [3.05, 3.63) is 59.1 Å². The van der Waals surface area contributed by atoms with Gasteiger partial charge in [-0.25, -0.2) is 4.79 Å². The van der Waals surface area contributed by atoms with E-state index in [1.54, 1.807) is 43.3 Å². The summed E-state index contributed by atoms with van der Waals surface area (Å²) in [5.74, 6) is 0.767. The molecule has 4 nitrogen and oxygen atoms in total. The number of hydrogen-bond acceptors (Lipinski definition) is 2. The summed E-state index contributed by atoms with van der Waals surface area (Å²) in [5, 5.41) is 3.45. The lowest BCUT2D eigenvalue weighted by Crippen LogP contribution is -2.30. The van der Waals surface area contributed by atoms with Gasteiger partial charge < -0.3 is 15.0 Å². The highest BCUT2D eigenvalue weighted by Crippen LogP contribution is 2.19. The molecule has 0 unspecified atom stereocenters. The van der Waals surface area contributed by atoms with Crippen molar-refractivity contribution in [3.8, 4) is 5.75 Å². The van der Waals surface area contributed by atoms with E-state index in [0.717, 1.165) is 11.3 Å². The highest BCUT2D eigenvalue weighted by atomic mass is 35.5. The van der Waals surface area contributed by atoms with Crippen molar-refractivity contribution in [2.45, 2.75) is 6.54 Å². The number of rotatable bonds is 4. The number of ether oxygens (including phenoxy) is 1. The summed E-state index contributed by atoms with van der Waals surface area (Å²) >= 11 is 5.81. The van der Waals surface area contributed by atoms with Gasteiger partial charge in [-0.1, -0.05) is 29.8 Å². The van der Waals surface area contributed by atoms with E-state index in [1.165, 1.54) is 0 Å². The predicted octanol–water partition coefficient (Wildman–Crippen LogP) is 4.01. The fourth-order valence-electron chi connectivity index (χ4n) is 1.91. The molecule has 0 bridgehead atoms. The number of amides is 2. The minimum absolute atomic E-state index is 0.191. The lowest BCUT2D eigenvalue weighted by Gasteiger charge is -2.19. The zero-order chi connectivity index (χ0) is 15.2. The molecule has 0 spiro atoms. The second-order valence-corrected chi connectivity index (χ2v) is 5.04. The molecule has 0 aromatic heterocycles. The number of carbonyl (C=O) groups is 1. The molecule has 0 heterocycles. The fraction of sp³-hybridized carbons (Fsp3) is 0.188. The summed E-state index contributed by atoms with van der Waals surface area (Å²) in [7, 11) is 3.35. The molecular weight excluding hydrogens is 288 g/mol. The van der Waals surface area contributed by atoms with Gasteiger partial charge in [-0.05, 0) is 30.3 Å². The molecule has 21 heavy (non-hydrogen) atoms. The van der Waals surface area contributed by atoms with Gasteiger partial charge in [-0.2, -0.15) is 0 Å². The van der Waals surface area contributed by atoms with Crippen LogP contribution in [0.2, 0.25) is 5.02 Å². The third-order valence-electron chi connectivity index (χ3n) is 3.04. The first-order valence-corrected chi connectivity index (χ1v) is 6.87. The second kappa shape index (κ2) is 6.99. The Balaban J connectivity index is 2.01. The lowest BCUT2D eigenvalue weighted by molar-refractivity contribution is 0.220. The summed E-state index contributed by atoms with van der Waals surface area (Å²) < 4.78 is 5.28. The van der Waals surface area contributed by atoms with E-state index >= 15 is 0 Å². The van der Waals surface area contributed by atoms with Crippen LogP contribution in [0.3, 0.4) is 0 Å². The van der Waals surface area contributed by atoms with Crippen molar-refractivity contribution in [2.24, 2.45) is 0 Å². The van der Waals surface area contributed by atoms with Gasteiger partial charge in [0.2, 0.25) is 0 Å². The normalized spacial score (nSPS) is 10.0. The Labute approximate surface area is 129 Å². The van der Waals surface area contributed by atoms with Gasteiger partial charge >= 0.3 is 6.03 Å². The van der Waals surface area contributed by atoms with Crippen LogP contribution in [0, 0.1) is 0 Å². The molecular formula is C16H17ClN2O2. The van der Waals surface area contributed by atoms with E-state index in [2.05, 4.69) is 5.32 Å². The molecule has 0 aliphatic heterocycles. The van der Waals surface area contributed by atoms with Gasteiger partial charge in [0, 0.05) is 23.3 Å². The summed E-state index contributed by atoms with van der Waals surface area (Å²) in [5.41, 5.74) is 1.66. The third-order valence-corrected chi connectivity index (χ3v) is 3.29. The molecule has 0 fully saturated rings. The summed E-state index contributed by atoms with van der Waals surface area (Å²) in [6, 6.07) is 14.4. The van der Waals surface area contributed by atoms with Crippen molar-refractivity contribution in [1.29, 1.82) is 0 Å². The molecule has 0 atom stereocenters. The Morgan fingerprint density at radius 3 is 2.52 bits per heavy atom. The Morgan fingerprint density at radius 1 is 1.19 bits per heavy atom. The van der Waals surface area contributed by atoms with E-state index in [-0.39, 0.29) is 6.03 Å². The van der Waals surface area contributed by atoms with E-state index < -0.39 is 0 Å². The molecule has 2 amide bonds. The van der Waals surface area contributed by atoms with Crippen LogP contribution in [0.15, 0.2) is 48.5 Å². The zero-order valence-electron chi connectivity index (χ0n) is 12.0. The molecule has 110 valence electrons. The Hall–Kier alpha value is -2.20. The average Bonchev–Trinajstić information content (AvgIpc) is 2.50. The van der Waals surface area contributed by atoms with Crippen molar-refractivity contribution in [2.75, 3.05) is 19.5 Å². The predicted molar refractivity (Wildman–Crippen MR) is 84.9 cm³/mol. The summed E-state index contributed by atoms with van der Waals surface area (Å²) in [6.07, 6.45) is 0. The highest BCUT2D eigenvalue weighted by molar-refractivity contribution is 6.30. The molecule has 5 heteroatoms. The Kier molecular flexibility index (Phi) is 5.06. The highest BCUT2D eigenvalue weighted by Gasteiger charge is 2.11. The van der Waals surface area contributed by atoms with Gasteiger partial charge in [-0.15, -0.1) is 0 Å². The monoisotopic (exact) mass is 304 g/mol. The maximum Gasteiger partial charge on any atom is 0.321 e. The largest absolute Gasteiger partial charge is 0.496 e. The van der Waals surface area contributed by atoms with Crippen molar-refractivity contribution >= 4 is 23.3 Å². The van der Waals surface area contributed by atoms with Crippen molar-refractivity contribution in [3.63, 3.8) is 0 Å². The minimum atomic E-state index is -0.191. The molecule has 2 rings (SSSR count). The van der Waals surface area contributed by atoms with E-state index in [4.69, 9.17) is 16.3 Å². The van der Waals surface area contributed by atoms with Crippen molar-refractivity contribution in [1.82, 2.24) is 4.90 Å². The van der Waals surface area contributed by atoms with Crippen LogP contribution in [0.5, 0.6) is 5.75 Å². The fourth-order valence-corrected chi connectivity index (χ4v) is 2.04. The van der Waals surface area contributed by atoms with Crippen LogP contribution >= 0.6 is 11.6 Å². The zero-order valence-corrected chi connectivity index (χ0v) is 12.7. The Morgan fingerprint density at radius 2 is 1.86 bits per heavy atom. The number of para-hydroxylation sites is 1. The first-order chi connectivity index (χ1) is 10.1. The van der Waals surface area contributed by atoms with Crippen LogP contribution in [0.4, 0.5) is 10.5 Å². The third kappa shape index (κ3) is 4.13. The standard InChI is InChI=1S/C16H17ClN2O2/c1-19(11-12-5-3-4-6-15(12)21-2)16(20)18-14-9-7-13(17)8-10-14/h3-10H,11H2,1-2H3,(H,18,20).